The van der Waals surface area contributed by atoms with Crippen molar-refractivity contribution in [2.75, 3.05) is 18.4 Å². The van der Waals surface area contributed by atoms with E-state index in [4.69, 9.17) is 4.74 Å². The van der Waals surface area contributed by atoms with E-state index in [9.17, 15) is 14.9 Å². The first-order valence-electron chi connectivity index (χ1n) is 7.21. The highest BCUT2D eigenvalue weighted by molar-refractivity contribution is 5.68. The van der Waals surface area contributed by atoms with Gasteiger partial charge in [-0.1, -0.05) is 13.0 Å². The molecule has 1 amide bonds. The molecule has 0 atom stereocenters. The molecule has 0 aliphatic heterocycles. The van der Waals surface area contributed by atoms with E-state index in [0.717, 1.165) is 12.0 Å². The Labute approximate surface area is 130 Å². The normalized spacial score (nSPS) is 10.9. The van der Waals surface area contributed by atoms with Crippen LogP contribution in [0.25, 0.3) is 0 Å². The Balaban J connectivity index is 2.54. The quantitative estimate of drug-likeness (QED) is 0.478. The lowest BCUT2D eigenvalue weighted by molar-refractivity contribution is -0.384. The van der Waals surface area contributed by atoms with Gasteiger partial charge in [0.1, 0.15) is 11.3 Å². The number of nitro benzene ring substituents is 1. The highest BCUT2D eigenvalue weighted by Gasteiger charge is 2.16. The zero-order chi connectivity index (χ0) is 16.8. The molecule has 1 aromatic rings. The van der Waals surface area contributed by atoms with Gasteiger partial charge in [-0.2, -0.15) is 0 Å². The molecule has 0 aliphatic rings. The largest absolute Gasteiger partial charge is 0.444 e. The third-order valence-electron chi connectivity index (χ3n) is 2.77. The second-order valence-electron chi connectivity index (χ2n) is 5.82. The van der Waals surface area contributed by atoms with Gasteiger partial charge in [-0.25, -0.2) is 4.79 Å². The monoisotopic (exact) mass is 309 g/mol. The molecule has 0 saturated carbocycles. The third-order valence-corrected chi connectivity index (χ3v) is 2.77. The van der Waals surface area contributed by atoms with Crippen LogP contribution < -0.4 is 10.6 Å². The summed E-state index contributed by atoms with van der Waals surface area (Å²) in [5, 5.41) is 16.6. The van der Waals surface area contributed by atoms with Gasteiger partial charge in [0.2, 0.25) is 0 Å². The summed E-state index contributed by atoms with van der Waals surface area (Å²) in [6.07, 6.45) is 0.286. The molecule has 1 aromatic carbocycles. The van der Waals surface area contributed by atoms with Gasteiger partial charge in [0, 0.05) is 19.2 Å². The van der Waals surface area contributed by atoms with Crippen LogP contribution in [0.1, 0.15) is 33.3 Å². The number of carbonyl (C=O) groups is 1. The van der Waals surface area contributed by atoms with Gasteiger partial charge in [0.05, 0.1) is 4.92 Å². The van der Waals surface area contributed by atoms with E-state index in [1.54, 1.807) is 32.9 Å². The summed E-state index contributed by atoms with van der Waals surface area (Å²) in [6.45, 7) is 8.00. The fraction of sp³-hybridized carbons (Fsp3) is 0.533. The van der Waals surface area contributed by atoms with Crippen LogP contribution in [0.4, 0.5) is 16.2 Å². The van der Waals surface area contributed by atoms with Gasteiger partial charge < -0.3 is 15.4 Å². The van der Waals surface area contributed by atoms with Crippen molar-refractivity contribution in [3.05, 3.63) is 33.9 Å². The maximum absolute atomic E-state index is 11.5. The molecule has 0 aromatic heterocycles. The van der Waals surface area contributed by atoms with E-state index in [1.165, 1.54) is 6.07 Å². The number of hydrogen-bond donors (Lipinski definition) is 2. The number of aryl methyl sites for hydroxylation is 1. The van der Waals surface area contributed by atoms with Crippen LogP contribution in [-0.4, -0.2) is 29.7 Å². The van der Waals surface area contributed by atoms with E-state index in [2.05, 4.69) is 10.6 Å². The fourth-order valence-corrected chi connectivity index (χ4v) is 1.78. The maximum atomic E-state index is 11.5. The molecule has 7 nitrogen and oxygen atoms in total. The van der Waals surface area contributed by atoms with Crippen molar-refractivity contribution in [2.24, 2.45) is 0 Å². The summed E-state index contributed by atoms with van der Waals surface area (Å²) in [5.74, 6) is 0. The molecule has 122 valence electrons. The minimum Gasteiger partial charge on any atom is -0.444 e. The molecule has 0 heterocycles. The van der Waals surface area contributed by atoms with Crippen LogP contribution in [0, 0.1) is 10.1 Å². The van der Waals surface area contributed by atoms with Crippen LogP contribution in [0.2, 0.25) is 0 Å². The highest BCUT2D eigenvalue weighted by Crippen LogP contribution is 2.25. The zero-order valence-electron chi connectivity index (χ0n) is 13.4. The molecular weight excluding hydrogens is 286 g/mol. The van der Waals surface area contributed by atoms with Gasteiger partial charge in [-0.3, -0.25) is 10.1 Å². The van der Waals surface area contributed by atoms with E-state index in [0.29, 0.717) is 18.8 Å². The van der Waals surface area contributed by atoms with Crippen LogP contribution in [0.15, 0.2) is 18.2 Å². The number of benzene rings is 1. The lowest BCUT2D eigenvalue weighted by Crippen LogP contribution is -2.35. The first-order valence-corrected chi connectivity index (χ1v) is 7.21. The van der Waals surface area contributed by atoms with Crippen LogP contribution in [-0.2, 0) is 11.2 Å². The molecule has 0 unspecified atom stereocenters. The minimum absolute atomic E-state index is 0.0227. The number of rotatable bonds is 6. The minimum atomic E-state index is -0.550. The van der Waals surface area contributed by atoms with Crippen molar-refractivity contribution in [1.29, 1.82) is 0 Å². The number of ether oxygens (including phenoxy) is 1. The van der Waals surface area contributed by atoms with E-state index < -0.39 is 16.6 Å². The van der Waals surface area contributed by atoms with Crippen molar-refractivity contribution in [1.82, 2.24) is 5.32 Å². The van der Waals surface area contributed by atoms with E-state index >= 15 is 0 Å². The highest BCUT2D eigenvalue weighted by atomic mass is 16.6. The average Bonchev–Trinajstić information content (AvgIpc) is 2.41. The van der Waals surface area contributed by atoms with Crippen LogP contribution in [0.5, 0.6) is 0 Å². The standard InChI is InChI=1S/C15H23N3O4/c1-5-11-6-7-13(18(20)21)12(10-11)16-8-9-17-14(19)22-15(2,3)4/h6-7,10,16H,5,8-9H2,1-4H3,(H,17,19). The molecule has 2 N–H and O–H groups in total. The summed E-state index contributed by atoms with van der Waals surface area (Å²) in [4.78, 5) is 22.0. The van der Waals surface area contributed by atoms with Crippen molar-refractivity contribution in [3.8, 4) is 0 Å². The third kappa shape index (κ3) is 5.99. The summed E-state index contributed by atoms with van der Waals surface area (Å²) in [6, 6.07) is 4.98. The van der Waals surface area contributed by atoms with E-state index in [1.807, 2.05) is 6.92 Å². The molecule has 7 heteroatoms. The number of nitrogens with zero attached hydrogens (tertiary/aromatic N) is 1. The van der Waals surface area contributed by atoms with Gasteiger partial charge in [0.15, 0.2) is 0 Å². The van der Waals surface area contributed by atoms with Crippen LogP contribution >= 0.6 is 0 Å². The number of hydrogen-bond acceptors (Lipinski definition) is 5. The van der Waals surface area contributed by atoms with E-state index in [-0.39, 0.29) is 5.69 Å². The summed E-state index contributed by atoms with van der Waals surface area (Å²) >= 11 is 0. The first kappa shape index (κ1) is 17.7. The molecule has 22 heavy (non-hydrogen) atoms. The Kier molecular flexibility index (Phi) is 6.15. The number of nitro groups is 1. The number of carbonyl (C=O) groups excluding carboxylic acids is 1. The lowest BCUT2D eigenvalue weighted by atomic mass is 10.1. The smallest absolute Gasteiger partial charge is 0.407 e. The number of amides is 1. The molecular formula is C15H23N3O4. The molecule has 1 rings (SSSR count). The Hall–Kier alpha value is -2.31. The first-order chi connectivity index (χ1) is 10.2. The van der Waals surface area contributed by atoms with Gasteiger partial charge >= 0.3 is 6.09 Å². The second-order valence-corrected chi connectivity index (χ2v) is 5.82. The SMILES string of the molecule is CCc1ccc([N+](=O)[O-])c(NCCNC(=O)OC(C)(C)C)c1. The molecule has 0 fully saturated rings. The Morgan fingerprint density at radius 1 is 1.32 bits per heavy atom. The molecule has 0 spiro atoms. The summed E-state index contributed by atoms with van der Waals surface area (Å²) in [5.41, 5.74) is 0.934. The predicted octanol–water partition coefficient (Wildman–Crippen LogP) is 3.09. The van der Waals surface area contributed by atoms with Gasteiger partial charge in [-0.15, -0.1) is 0 Å². The van der Waals surface area contributed by atoms with Crippen LogP contribution in [0.3, 0.4) is 0 Å². The lowest BCUT2D eigenvalue weighted by Gasteiger charge is -2.19. The van der Waals surface area contributed by atoms with Gasteiger partial charge in [0.25, 0.3) is 5.69 Å². The number of alkyl carbamates (subject to hydrolysis) is 1. The fourth-order valence-electron chi connectivity index (χ4n) is 1.78. The Morgan fingerprint density at radius 2 is 2.00 bits per heavy atom. The number of nitrogens with one attached hydrogen (secondary N) is 2. The van der Waals surface area contributed by atoms with Crippen molar-refractivity contribution >= 4 is 17.5 Å². The second kappa shape index (κ2) is 7.63. The number of anilines is 1. The Bertz CT molecular complexity index is 538. The van der Waals surface area contributed by atoms with Crippen molar-refractivity contribution < 1.29 is 14.5 Å². The predicted molar refractivity (Wildman–Crippen MR) is 85.2 cm³/mol. The molecule has 0 aliphatic carbocycles. The molecule has 0 saturated heterocycles. The topological polar surface area (TPSA) is 93.5 Å². The van der Waals surface area contributed by atoms with Crippen molar-refractivity contribution in [3.63, 3.8) is 0 Å². The Morgan fingerprint density at radius 3 is 2.55 bits per heavy atom. The maximum Gasteiger partial charge on any atom is 0.407 e. The van der Waals surface area contributed by atoms with Crippen molar-refractivity contribution in [2.45, 2.75) is 39.7 Å². The van der Waals surface area contributed by atoms with Gasteiger partial charge in [-0.05, 0) is 38.8 Å². The summed E-state index contributed by atoms with van der Waals surface area (Å²) < 4.78 is 5.10. The molecule has 0 radical (unpaired) electrons. The molecule has 0 bridgehead atoms. The summed E-state index contributed by atoms with van der Waals surface area (Å²) in [7, 11) is 0. The zero-order valence-corrected chi connectivity index (χ0v) is 13.4. The average molecular weight is 309 g/mol.